The predicted octanol–water partition coefficient (Wildman–Crippen LogP) is 0.436. The molecular formula is C11H16N4OS. The molecule has 0 spiro atoms. The molecule has 17 heavy (non-hydrogen) atoms. The van der Waals surface area contributed by atoms with Crippen molar-refractivity contribution < 1.29 is 4.79 Å². The number of hydrogen-bond donors (Lipinski definition) is 2. The molecule has 1 amide bonds. The number of thiazole rings is 1. The first-order valence-electron chi connectivity index (χ1n) is 5.96. The van der Waals surface area contributed by atoms with Gasteiger partial charge in [0.15, 0.2) is 5.13 Å². The van der Waals surface area contributed by atoms with Crippen LogP contribution in [0.1, 0.15) is 17.7 Å². The summed E-state index contributed by atoms with van der Waals surface area (Å²) in [7, 11) is 0. The molecule has 1 aromatic rings. The Labute approximate surface area is 104 Å². The number of anilines is 1. The molecule has 3 rings (SSSR count). The van der Waals surface area contributed by atoms with Crippen molar-refractivity contribution in [3.8, 4) is 0 Å². The van der Waals surface area contributed by atoms with Crippen LogP contribution in [0.4, 0.5) is 5.13 Å². The minimum atomic E-state index is 0.189. The molecule has 3 N–H and O–H groups in total. The lowest BCUT2D eigenvalue weighted by atomic mass is 9.91. The number of likely N-dealkylation sites (tertiary alicyclic amines) is 1. The first-order chi connectivity index (χ1) is 8.24. The van der Waals surface area contributed by atoms with Gasteiger partial charge < -0.3 is 11.1 Å². The lowest BCUT2D eigenvalue weighted by Gasteiger charge is -2.35. The molecule has 0 bridgehead atoms. The van der Waals surface area contributed by atoms with E-state index < -0.39 is 0 Å². The molecule has 0 radical (unpaired) electrons. The summed E-state index contributed by atoms with van der Waals surface area (Å²) < 4.78 is 0. The maximum absolute atomic E-state index is 11.6. The number of nitrogen functional groups attached to an aromatic ring is 1. The van der Waals surface area contributed by atoms with Crippen molar-refractivity contribution in [3.63, 3.8) is 0 Å². The summed E-state index contributed by atoms with van der Waals surface area (Å²) >= 11 is 1.54. The highest BCUT2D eigenvalue weighted by Crippen LogP contribution is 2.29. The Balaban J connectivity index is 1.72. The number of hydrogen-bond acceptors (Lipinski definition) is 5. The minimum absolute atomic E-state index is 0.189. The quantitative estimate of drug-likeness (QED) is 0.801. The van der Waals surface area contributed by atoms with E-state index in [0.717, 1.165) is 32.5 Å². The van der Waals surface area contributed by atoms with Gasteiger partial charge in [-0.3, -0.25) is 9.69 Å². The molecule has 1 aromatic heterocycles. The highest BCUT2D eigenvalue weighted by molar-refractivity contribution is 7.15. The number of rotatable bonds is 2. The number of nitrogens with two attached hydrogens (primary N) is 1. The molecular weight excluding hydrogens is 236 g/mol. The van der Waals surface area contributed by atoms with Gasteiger partial charge in [0.25, 0.3) is 0 Å². The topological polar surface area (TPSA) is 71.2 Å². The first-order valence-corrected chi connectivity index (χ1v) is 6.77. The largest absolute Gasteiger partial charge is 0.375 e. The van der Waals surface area contributed by atoms with Crippen LogP contribution in [0.2, 0.25) is 0 Å². The smallest absolute Gasteiger partial charge is 0.224 e. The van der Waals surface area contributed by atoms with Crippen LogP contribution < -0.4 is 11.1 Å². The fourth-order valence-electron chi connectivity index (χ4n) is 2.83. The zero-order chi connectivity index (χ0) is 11.8. The van der Waals surface area contributed by atoms with Gasteiger partial charge in [-0.15, -0.1) is 11.3 Å². The molecule has 2 fully saturated rings. The second-order valence-electron chi connectivity index (χ2n) is 4.70. The third-order valence-electron chi connectivity index (χ3n) is 3.65. The molecule has 0 aliphatic carbocycles. The van der Waals surface area contributed by atoms with Crippen molar-refractivity contribution in [2.24, 2.45) is 5.92 Å². The van der Waals surface area contributed by atoms with Crippen LogP contribution in [0.3, 0.4) is 0 Å². The summed E-state index contributed by atoms with van der Waals surface area (Å²) in [4.78, 5) is 19.3. The van der Waals surface area contributed by atoms with Crippen LogP contribution >= 0.6 is 11.3 Å². The highest BCUT2D eigenvalue weighted by Gasteiger charge is 2.40. The number of amides is 1. The highest BCUT2D eigenvalue weighted by atomic mass is 32.1. The van der Waals surface area contributed by atoms with Crippen molar-refractivity contribution in [2.75, 3.05) is 18.8 Å². The fourth-order valence-corrected chi connectivity index (χ4v) is 3.54. The van der Waals surface area contributed by atoms with Gasteiger partial charge in [0.2, 0.25) is 5.91 Å². The SMILES string of the molecule is Nc1ncc(CN2CCCC3C(=O)NCC32)s1. The summed E-state index contributed by atoms with van der Waals surface area (Å²) in [6.07, 6.45) is 3.97. The van der Waals surface area contributed by atoms with Gasteiger partial charge >= 0.3 is 0 Å². The molecule has 2 unspecified atom stereocenters. The van der Waals surface area contributed by atoms with Crippen LogP contribution in [-0.2, 0) is 11.3 Å². The zero-order valence-electron chi connectivity index (χ0n) is 9.56. The molecule has 0 saturated carbocycles. The standard InChI is InChI=1S/C11H16N4OS/c12-11-14-4-7(17-11)6-15-3-1-2-8-9(15)5-13-10(8)16/h4,8-9H,1-3,5-6H2,(H2,12,14)(H,13,16). The van der Waals surface area contributed by atoms with E-state index in [4.69, 9.17) is 5.73 Å². The molecule has 2 aliphatic heterocycles. The Bertz CT molecular complexity index is 433. The Morgan fingerprint density at radius 1 is 1.65 bits per heavy atom. The van der Waals surface area contributed by atoms with Crippen LogP contribution in [0.15, 0.2) is 6.20 Å². The lowest BCUT2D eigenvalue weighted by Crippen LogP contribution is -2.44. The first kappa shape index (κ1) is 11.0. The van der Waals surface area contributed by atoms with Gasteiger partial charge in [-0.05, 0) is 19.4 Å². The second kappa shape index (κ2) is 4.27. The van der Waals surface area contributed by atoms with E-state index in [0.29, 0.717) is 11.2 Å². The van der Waals surface area contributed by atoms with Gasteiger partial charge in [-0.25, -0.2) is 4.98 Å². The van der Waals surface area contributed by atoms with E-state index in [1.165, 1.54) is 16.2 Å². The molecule has 0 aromatic carbocycles. The Morgan fingerprint density at radius 2 is 2.53 bits per heavy atom. The molecule has 2 atom stereocenters. The molecule has 92 valence electrons. The molecule has 2 saturated heterocycles. The number of piperidine rings is 1. The van der Waals surface area contributed by atoms with Crippen molar-refractivity contribution >= 4 is 22.4 Å². The van der Waals surface area contributed by atoms with Gasteiger partial charge in [0.05, 0.1) is 5.92 Å². The summed E-state index contributed by atoms with van der Waals surface area (Å²) in [6, 6.07) is 0.361. The fraction of sp³-hybridized carbons (Fsp3) is 0.636. The number of fused-ring (bicyclic) bond motifs is 1. The van der Waals surface area contributed by atoms with Crippen LogP contribution in [0.25, 0.3) is 0 Å². The molecule has 3 heterocycles. The molecule has 5 nitrogen and oxygen atoms in total. The molecule has 6 heteroatoms. The summed E-state index contributed by atoms with van der Waals surface area (Å²) in [6.45, 7) is 2.72. The third kappa shape index (κ3) is 2.02. The average molecular weight is 252 g/mol. The van der Waals surface area contributed by atoms with Gasteiger partial charge in [0, 0.05) is 30.2 Å². The van der Waals surface area contributed by atoms with Gasteiger partial charge in [-0.1, -0.05) is 0 Å². The zero-order valence-corrected chi connectivity index (χ0v) is 10.4. The Hall–Kier alpha value is -1.14. The number of aromatic nitrogens is 1. The maximum Gasteiger partial charge on any atom is 0.224 e. The number of nitrogens with zero attached hydrogens (tertiary/aromatic N) is 2. The average Bonchev–Trinajstić information content (AvgIpc) is 2.88. The van der Waals surface area contributed by atoms with E-state index in [2.05, 4.69) is 15.2 Å². The van der Waals surface area contributed by atoms with Crippen molar-refractivity contribution in [1.29, 1.82) is 0 Å². The van der Waals surface area contributed by atoms with E-state index in [1.54, 1.807) is 0 Å². The van der Waals surface area contributed by atoms with Crippen LogP contribution in [0.5, 0.6) is 0 Å². The van der Waals surface area contributed by atoms with Gasteiger partial charge in [0.1, 0.15) is 0 Å². The number of carbonyl (C=O) groups excluding carboxylic acids is 1. The summed E-state index contributed by atoms with van der Waals surface area (Å²) in [5, 5.41) is 3.58. The predicted molar refractivity (Wildman–Crippen MR) is 66.5 cm³/mol. The lowest BCUT2D eigenvalue weighted by molar-refractivity contribution is -0.124. The minimum Gasteiger partial charge on any atom is -0.375 e. The van der Waals surface area contributed by atoms with Crippen LogP contribution in [0, 0.1) is 5.92 Å². The van der Waals surface area contributed by atoms with Crippen molar-refractivity contribution in [1.82, 2.24) is 15.2 Å². The van der Waals surface area contributed by atoms with E-state index >= 15 is 0 Å². The molecule has 2 aliphatic rings. The maximum atomic E-state index is 11.6. The monoisotopic (exact) mass is 252 g/mol. The number of nitrogens with one attached hydrogen (secondary N) is 1. The van der Waals surface area contributed by atoms with Crippen molar-refractivity contribution in [2.45, 2.75) is 25.4 Å². The van der Waals surface area contributed by atoms with E-state index in [-0.39, 0.29) is 11.8 Å². The summed E-state index contributed by atoms with van der Waals surface area (Å²) in [5.74, 6) is 0.414. The van der Waals surface area contributed by atoms with Crippen LogP contribution in [-0.4, -0.2) is 34.9 Å². The van der Waals surface area contributed by atoms with E-state index in [9.17, 15) is 4.79 Å². The van der Waals surface area contributed by atoms with Crippen molar-refractivity contribution in [3.05, 3.63) is 11.1 Å². The Kier molecular flexibility index (Phi) is 2.76. The summed E-state index contributed by atoms with van der Waals surface area (Å²) in [5.41, 5.74) is 5.63. The Morgan fingerprint density at radius 3 is 3.29 bits per heavy atom. The van der Waals surface area contributed by atoms with E-state index in [1.807, 2.05) is 6.20 Å². The number of carbonyl (C=O) groups is 1. The van der Waals surface area contributed by atoms with Gasteiger partial charge in [-0.2, -0.15) is 0 Å². The second-order valence-corrected chi connectivity index (χ2v) is 5.84. The third-order valence-corrected chi connectivity index (χ3v) is 4.46. The normalized spacial score (nSPS) is 29.1.